The van der Waals surface area contributed by atoms with Gasteiger partial charge >= 0.3 is 19.4 Å². The highest BCUT2D eigenvalue weighted by atomic mass is 35.6. The maximum Gasteiger partial charge on any atom is 0.406 e. The lowest BCUT2D eigenvalue weighted by Gasteiger charge is -2.27. The third-order valence-corrected chi connectivity index (χ3v) is 6.77. The molecule has 0 amide bonds. The number of carbonyl (C=O) groups excluding carboxylic acids is 1. The van der Waals surface area contributed by atoms with Crippen LogP contribution in [0.25, 0.3) is 10.4 Å². The van der Waals surface area contributed by atoms with Crippen LogP contribution in [0, 0.1) is 6.92 Å². The molecule has 1 saturated heterocycles. The Morgan fingerprint density at radius 1 is 1.38 bits per heavy atom. The average Bonchev–Trinajstić information content (AvgIpc) is 3.15. The molecule has 1 aromatic heterocycles. The van der Waals surface area contributed by atoms with Crippen LogP contribution >= 0.6 is 42.5 Å². The van der Waals surface area contributed by atoms with Crippen molar-refractivity contribution in [3.63, 3.8) is 0 Å². The molecule has 2 rings (SSSR count). The predicted octanol–water partition coefficient (Wildman–Crippen LogP) is 3.64. The van der Waals surface area contributed by atoms with Crippen LogP contribution in [0.15, 0.2) is 20.9 Å². The second-order valence-corrected chi connectivity index (χ2v) is 13.5. The van der Waals surface area contributed by atoms with Crippen LogP contribution in [0.5, 0.6) is 0 Å². The molecule has 208 valence electrons. The number of H-pyrrole nitrogens is 1. The number of carbonyl (C=O) groups is 1. The number of aromatic nitrogens is 2. The fourth-order valence-corrected chi connectivity index (χ4v) is 5.05. The number of hydrogen-bond acceptors (Lipinski definition) is 9. The minimum Gasteiger partial charge on any atom is -0.459 e. The number of nitrogens with one attached hydrogen (secondary N) is 2. The summed E-state index contributed by atoms with van der Waals surface area (Å²) in [6, 6.07) is -2.01. The smallest absolute Gasteiger partial charge is 0.406 e. The van der Waals surface area contributed by atoms with Gasteiger partial charge in [-0.05, 0) is 40.1 Å². The van der Waals surface area contributed by atoms with Gasteiger partial charge in [0.1, 0.15) is 24.5 Å². The number of halogens is 3. The number of ether oxygens (including phenoxy) is 2. The van der Waals surface area contributed by atoms with Crippen molar-refractivity contribution in [2.24, 2.45) is 5.11 Å². The molecule has 2 N–H and O–H groups in total. The van der Waals surface area contributed by atoms with Crippen molar-refractivity contribution in [2.75, 3.05) is 13.2 Å². The molecule has 1 aliphatic heterocycles. The lowest BCUT2D eigenvalue weighted by molar-refractivity contribution is -0.156. The molecule has 14 nitrogen and oxygen atoms in total. The molecule has 18 heteroatoms. The molecule has 1 fully saturated rings. The first-order chi connectivity index (χ1) is 16.9. The van der Waals surface area contributed by atoms with Crippen LogP contribution < -0.4 is 16.3 Å². The van der Waals surface area contributed by atoms with Crippen LogP contribution in [-0.4, -0.2) is 56.3 Å². The summed E-state index contributed by atoms with van der Waals surface area (Å²) in [6.45, 7) is 6.72. The van der Waals surface area contributed by atoms with Gasteiger partial charge in [0.2, 0.25) is 3.79 Å². The summed E-state index contributed by atoms with van der Waals surface area (Å²) in [6.07, 6.45) is -0.572. The van der Waals surface area contributed by atoms with Gasteiger partial charge in [0, 0.05) is 23.1 Å². The highest BCUT2D eigenvalue weighted by Crippen LogP contribution is 2.47. The van der Waals surface area contributed by atoms with Gasteiger partial charge in [0.05, 0.1) is 18.8 Å². The highest BCUT2D eigenvalue weighted by Gasteiger charge is 2.40. The van der Waals surface area contributed by atoms with Gasteiger partial charge in [-0.2, -0.15) is 0 Å². The maximum absolute atomic E-state index is 13.5. The van der Waals surface area contributed by atoms with Crippen LogP contribution in [0.1, 0.15) is 45.9 Å². The van der Waals surface area contributed by atoms with Gasteiger partial charge in [-0.3, -0.25) is 28.2 Å². The molecule has 0 saturated carbocycles. The second-order valence-electron chi connectivity index (χ2n) is 9.18. The Bertz CT molecular complexity index is 1190. The Kier molecular flexibility index (Phi) is 10.7. The summed E-state index contributed by atoms with van der Waals surface area (Å²) in [5.41, 5.74) is 7.13. The Morgan fingerprint density at radius 2 is 2.03 bits per heavy atom. The monoisotopic (exact) mass is 604 g/mol. The number of rotatable bonds is 10. The number of hydrogen-bond donors (Lipinski definition) is 2. The number of alkyl halides is 3. The standard InChI is InChI=1S/C19H28Cl3N6O8P/c1-10-7-28(17(31)24-15(10)29)14-6-12(25-27-23)13(35-14)8-33-37(32,34-9-19(20,21)22)26-11(2)16(30)36-18(3,4)5/h7,11-14H,6,8-9H2,1-5H3,(H,26,32)(H,24,29,31)/t11-,12-,13+,14+,37?/m0/s1. The lowest BCUT2D eigenvalue weighted by atomic mass is 10.1. The number of aryl methyl sites for hydroxylation is 1. The molecule has 0 aromatic carbocycles. The molecule has 0 radical (unpaired) electrons. The Hall–Kier alpha value is -1.60. The zero-order chi connectivity index (χ0) is 28.2. The third kappa shape index (κ3) is 9.90. The summed E-state index contributed by atoms with van der Waals surface area (Å²) in [5.74, 6) is -0.745. The van der Waals surface area contributed by atoms with Crippen LogP contribution in [0.4, 0.5) is 0 Å². The van der Waals surface area contributed by atoms with Crippen molar-refractivity contribution in [1.82, 2.24) is 14.6 Å². The van der Waals surface area contributed by atoms with E-state index in [0.29, 0.717) is 0 Å². The van der Waals surface area contributed by atoms with E-state index in [1.165, 1.54) is 20.0 Å². The van der Waals surface area contributed by atoms with Crippen molar-refractivity contribution in [3.05, 3.63) is 43.0 Å². The second kappa shape index (κ2) is 12.5. The molecule has 37 heavy (non-hydrogen) atoms. The zero-order valence-corrected chi connectivity index (χ0v) is 23.8. The molecular weight excluding hydrogens is 578 g/mol. The topological polar surface area (TPSA) is 187 Å². The summed E-state index contributed by atoms with van der Waals surface area (Å²) in [4.78, 5) is 41.3. The largest absolute Gasteiger partial charge is 0.459 e. The van der Waals surface area contributed by atoms with Crippen LogP contribution in [-0.2, 0) is 27.9 Å². The van der Waals surface area contributed by atoms with Gasteiger partial charge < -0.3 is 9.47 Å². The SMILES string of the molecule is Cc1cn([C@H]2C[C@H](N=[N+]=[N-])[C@@H](COP(=O)(N[C@@H](C)C(=O)OC(C)(C)C)OCC(Cl)(Cl)Cl)O2)c(=O)[nH]c1=O. The van der Waals surface area contributed by atoms with Crippen LogP contribution in [0.3, 0.4) is 0 Å². The van der Waals surface area contributed by atoms with E-state index in [1.54, 1.807) is 20.8 Å². The van der Waals surface area contributed by atoms with Crippen LogP contribution in [0.2, 0.25) is 0 Å². The van der Waals surface area contributed by atoms with Gasteiger partial charge in [-0.15, -0.1) is 0 Å². The summed E-state index contributed by atoms with van der Waals surface area (Å²) < 4.78 is 34.4. The molecule has 0 aliphatic carbocycles. The minimum atomic E-state index is -4.34. The van der Waals surface area contributed by atoms with E-state index in [0.717, 1.165) is 4.57 Å². The quantitative estimate of drug-likeness (QED) is 0.100. The molecular formula is C19H28Cl3N6O8P. The minimum absolute atomic E-state index is 0.0462. The van der Waals surface area contributed by atoms with Crippen molar-refractivity contribution < 1.29 is 27.9 Å². The molecule has 1 aliphatic rings. The summed E-state index contributed by atoms with van der Waals surface area (Å²) in [5, 5.41) is 6.10. The lowest BCUT2D eigenvalue weighted by Crippen LogP contribution is -2.39. The Labute approximate surface area is 227 Å². The van der Waals surface area contributed by atoms with E-state index >= 15 is 0 Å². The van der Waals surface area contributed by atoms with Crippen molar-refractivity contribution >= 4 is 48.5 Å². The Morgan fingerprint density at radius 3 is 2.59 bits per heavy atom. The van der Waals surface area contributed by atoms with E-state index in [9.17, 15) is 18.9 Å². The van der Waals surface area contributed by atoms with E-state index in [1.807, 2.05) is 0 Å². The maximum atomic E-state index is 13.5. The van der Waals surface area contributed by atoms with Gasteiger partial charge in [-0.25, -0.2) is 14.4 Å². The first-order valence-electron chi connectivity index (χ1n) is 10.9. The molecule has 1 unspecified atom stereocenters. The summed E-state index contributed by atoms with van der Waals surface area (Å²) >= 11 is 17.1. The third-order valence-electron chi connectivity index (χ3n) is 4.78. The summed E-state index contributed by atoms with van der Waals surface area (Å²) in [7, 11) is -4.34. The van der Waals surface area contributed by atoms with Gasteiger partial charge in [0.15, 0.2) is 0 Å². The van der Waals surface area contributed by atoms with E-state index in [2.05, 4.69) is 20.1 Å². The van der Waals surface area contributed by atoms with Gasteiger partial charge in [-0.1, -0.05) is 39.9 Å². The number of azide groups is 1. The molecule has 0 bridgehead atoms. The fraction of sp³-hybridized carbons (Fsp3) is 0.737. The first-order valence-corrected chi connectivity index (χ1v) is 13.6. The molecule has 1 aromatic rings. The fourth-order valence-electron chi connectivity index (χ4n) is 3.15. The molecule has 2 heterocycles. The van der Waals surface area contributed by atoms with E-state index in [4.69, 9.17) is 58.9 Å². The molecule has 5 atom stereocenters. The number of aromatic amines is 1. The highest BCUT2D eigenvalue weighted by molar-refractivity contribution is 7.51. The number of esters is 1. The first kappa shape index (κ1) is 31.6. The Balaban J connectivity index is 2.23. The van der Waals surface area contributed by atoms with Crippen molar-refractivity contribution in [2.45, 2.75) is 74.8 Å². The zero-order valence-electron chi connectivity index (χ0n) is 20.6. The molecule has 0 spiro atoms. The van der Waals surface area contributed by atoms with Gasteiger partial charge in [0.25, 0.3) is 5.56 Å². The predicted molar refractivity (Wildman–Crippen MR) is 136 cm³/mol. The van der Waals surface area contributed by atoms with E-state index < -0.39 is 72.0 Å². The van der Waals surface area contributed by atoms with Crippen molar-refractivity contribution in [3.8, 4) is 0 Å². The van der Waals surface area contributed by atoms with Crippen molar-refractivity contribution in [1.29, 1.82) is 0 Å². The average molecular weight is 606 g/mol. The number of nitrogens with zero attached hydrogens (tertiary/aromatic N) is 4. The normalized spacial score (nSPS) is 22.6. The van der Waals surface area contributed by atoms with E-state index in [-0.39, 0.29) is 12.0 Å².